The first-order valence-corrected chi connectivity index (χ1v) is 6.67. The van der Waals surface area contributed by atoms with Crippen LogP contribution in [-0.2, 0) is 6.42 Å². The summed E-state index contributed by atoms with van der Waals surface area (Å²) in [6.45, 7) is 4.67. The molecule has 1 aromatic rings. The van der Waals surface area contributed by atoms with Crippen molar-refractivity contribution in [3.63, 3.8) is 0 Å². The van der Waals surface area contributed by atoms with Crippen LogP contribution in [-0.4, -0.2) is 23.3 Å². The Morgan fingerprint density at radius 3 is 2.84 bits per heavy atom. The van der Waals surface area contributed by atoms with E-state index in [4.69, 9.17) is 14.6 Å². The van der Waals surface area contributed by atoms with Crippen LogP contribution >= 0.6 is 0 Å². The van der Waals surface area contributed by atoms with E-state index in [2.05, 4.69) is 0 Å². The fraction of sp³-hybridized carbons (Fsp3) is 0.533. The molecule has 19 heavy (non-hydrogen) atoms. The second kappa shape index (κ2) is 4.15. The Hall–Kier alpha value is -1.71. The van der Waals surface area contributed by atoms with Gasteiger partial charge in [0.15, 0.2) is 0 Å². The third kappa shape index (κ3) is 2.53. The van der Waals surface area contributed by atoms with Gasteiger partial charge in [0, 0.05) is 12.0 Å². The van der Waals surface area contributed by atoms with E-state index in [9.17, 15) is 4.79 Å². The molecule has 0 bridgehead atoms. The van der Waals surface area contributed by atoms with Crippen LogP contribution in [0, 0.1) is 5.92 Å². The van der Waals surface area contributed by atoms with Crippen LogP contribution in [0.3, 0.4) is 0 Å². The number of benzene rings is 1. The number of fused-ring (bicyclic) bond motifs is 1. The molecule has 1 fully saturated rings. The van der Waals surface area contributed by atoms with Crippen molar-refractivity contribution in [1.29, 1.82) is 0 Å². The fourth-order valence-electron chi connectivity index (χ4n) is 2.39. The van der Waals surface area contributed by atoms with Gasteiger partial charge in [-0.05, 0) is 44.7 Å². The fourth-order valence-corrected chi connectivity index (χ4v) is 2.39. The Morgan fingerprint density at radius 2 is 2.21 bits per heavy atom. The standard InChI is InChI=1S/C15H18O4/c1-15(2)7-11-12(18-8-9-3-4-9)5-10(14(16)17)6-13(11)19-15/h5-6,9H,3-4,7-8H2,1-2H3,(H,16,17). The number of ether oxygens (including phenoxy) is 2. The molecule has 0 radical (unpaired) electrons. The summed E-state index contributed by atoms with van der Waals surface area (Å²) < 4.78 is 11.6. The predicted molar refractivity (Wildman–Crippen MR) is 70.0 cm³/mol. The van der Waals surface area contributed by atoms with Crippen molar-refractivity contribution < 1.29 is 19.4 Å². The van der Waals surface area contributed by atoms with Crippen molar-refractivity contribution in [1.82, 2.24) is 0 Å². The summed E-state index contributed by atoms with van der Waals surface area (Å²) >= 11 is 0. The summed E-state index contributed by atoms with van der Waals surface area (Å²) in [4.78, 5) is 11.2. The van der Waals surface area contributed by atoms with E-state index in [0.717, 1.165) is 12.0 Å². The van der Waals surface area contributed by atoms with Crippen molar-refractivity contribution in [2.45, 2.75) is 38.7 Å². The third-order valence-electron chi connectivity index (χ3n) is 3.58. The summed E-state index contributed by atoms with van der Waals surface area (Å²) in [6.07, 6.45) is 3.17. The molecule has 1 heterocycles. The Labute approximate surface area is 112 Å². The minimum Gasteiger partial charge on any atom is -0.493 e. The maximum absolute atomic E-state index is 11.2. The zero-order valence-electron chi connectivity index (χ0n) is 11.2. The van der Waals surface area contributed by atoms with E-state index in [1.54, 1.807) is 12.1 Å². The van der Waals surface area contributed by atoms with Crippen LogP contribution in [0.25, 0.3) is 0 Å². The average molecular weight is 262 g/mol. The van der Waals surface area contributed by atoms with Crippen molar-refractivity contribution in [2.24, 2.45) is 5.92 Å². The summed E-state index contributed by atoms with van der Waals surface area (Å²) in [5.74, 6) is 1.01. The number of carbonyl (C=O) groups is 1. The highest BCUT2D eigenvalue weighted by Gasteiger charge is 2.34. The second-order valence-electron chi connectivity index (χ2n) is 6.05. The van der Waals surface area contributed by atoms with Crippen LogP contribution in [0.1, 0.15) is 42.6 Å². The average Bonchev–Trinajstić information content (AvgIpc) is 3.07. The van der Waals surface area contributed by atoms with E-state index >= 15 is 0 Å². The highest BCUT2D eigenvalue weighted by Crippen LogP contribution is 2.42. The maximum Gasteiger partial charge on any atom is 0.335 e. The summed E-state index contributed by atoms with van der Waals surface area (Å²) in [7, 11) is 0. The van der Waals surface area contributed by atoms with E-state index in [0.29, 0.717) is 24.0 Å². The molecule has 4 nitrogen and oxygen atoms in total. The number of hydrogen-bond donors (Lipinski definition) is 1. The molecule has 1 aromatic carbocycles. The Balaban J connectivity index is 1.94. The molecule has 1 aliphatic heterocycles. The van der Waals surface area contributed by atoms with Gasteiger partial charge >= 0.3 is 5.97 Å². The topological polar surface area (TPSA) is 55.8 Å². The molecule has 0 atom stereocenters. The first-order valence-electron chi connectivity index (χ1n) is 6.67. The molecule has 0 unspecified atom stereocenters. The Morgan fingerprint density at radius 1 is 1.47 bits per heavy atom. The molecule has 102 valence electrons. The molecule has 1 N–H and O–H groups in total. The lowest BCUT2D eigenvalue weighted by molar-refractivity contribution is 0.0695. The smallest absolute Gasteiger partial charge is 0.335 e. The number of rotatable bonds is 4. The second-order valence-corrected chi connectivity index (χ2v) is 6.05. The van der Waals surface area contributed by atoms with Gasteiger partial charge in [-0.25, -0.2) is 4.79 Å². The van der Waals surface area contributed by atoms with E-state index < -0.39 is 5.97 Å². The largest absolute Gasteiger partial charge is 0.493 e. The first-order chi connectivity index (χ1) is 8.94. The number of carboxylic acid groups (broad SMARTS) is 1. The van der Waals surface area contributed by atoms with Crippen LogP contribution in [0.5, 0.6) is 11.5 Å². The highest BCUT2D eigenvalue weighted by atomic mass is 16.5. The van der Waals surface area contributed by atoms with Gasteiger partial charge in [0.2, 0.25) is 0 Å². The van der Waals surface area contributed by atoms with Gasteiger partial charge in [-0.2, -0.15) is 0 Å². The van der Waals surface area contributed by atoms with Crippen molar-refractivity contribution in [3.05, 3.63) is 23.3 Å². The monoisotopic (exact) mass is 262 g/mol. The molecular weight excluding hydrogens is 244 g/mol. The van der Waals surface area contributed by atoms with Crippen molar-refractivity contribution in [3.8, 4) is 11.5 Å². The normalized spacial score (nSPS) is 19.7. The van der Waals surface area contributed by atoms with Crippen molar-refractivity contribution in [2.75, 3.05) is 6.61 Å². The van der Waals surface area contributed by atoms with E-state index in [1.807, 2.05) is 13.8 Å². The zero-order valence-corrected chi connectivity index (χ0v) is 11.2. The molecular formula is C15H18O4. The van der Waals surface area contributed by atoms with E-state index in [1.165, 1.54) is 12.8 Å². The van der Waals surface area contributed by atoms with Gasteiger partial charge in [0.1, 0.15) is 17.1 Å². The SMILES string of the molecule is CC1(C)Cc2c(OCC3CC3)cc(C(=O)O)cc2O1. The molecule has 4 heteroatoms. The molecule has 0 aromatic heterocycles. The summed E-state index contributed by atoms with van der Waals surface area (Å²) in [5.41, 5.74) is 0.926. The van der Waals surface area contributed by atoms with Gasteiger partial charge in [-0.1, -0.05) is 0 Å². The Kier molecular flexibility index (Phi) is 2.69. The molecule has 1 saturated carbocycles. The van der Waals surface area contributed by atoms with Gasteiger partial charge < -0.3 is 14.6 Å². The van der Waals surface area contributed by atoms with Crippen LogP contribution in [0.2, 0.25) is 0 Å². The summed E-state index contributed by atoms with van der Waals surface area (Å²) in [6, 6.07) is 3.21. The lowest BCUT2D eigenvalue weighted by Crippen LogP contribution is -2.24. The predicted octanol–water partition coefficient (Wildman–Crippen LogP) is 2.89. The molecule has 2 aliphatic rings. The third-order valence-corrected chi connectivity index (χ3v) is 3.58. The molecule has 0 spiro atoms. The number of carboxylic acids is 1. The molecule has 1 aliphatic carbocycles. The molecule has 0 saturated heterocycles. The molecule has 0 amide bonds. The van der Waals surface area contributed by atoms with Gasteiger partial charge in [0.05, 0.1) is 12.2 Å². The lowest BCUT2D eigenvalue weighted by atomic mass is 10.00. The lowest BCUT2D eigenvalue weighted by Gasteiger charge is -2.16. The van der Waals surface area contributed by atoms with Gasteiger partial charge in [0.25, 0.3) is 0 Å². The van der Waals surface area contributed by atoms with Crippen LogP contribution in [0.4, 0.5) is 0 Å². The Bertz CT molecular complexity index is 529. The zero-order chi connectivity index (χ0) is 13.6. The summed E-state index contributed by atoms with van der Waals surface area (Å²) in [5, 5.41) is 9.15. The molecule has 3 rings (SSSR count). The number of hydrogen-bond acceptors (Lipinski definition) is 3. The number of aromatic carboxylic acids is 1. The maximum atomic E-state index is 11.2. The minimum absolute atomic E-state index is 0.224. The first kappa shape index (κ1) is 12.3. The quantitative estimate of drug-likeness (QED) is 0.906. The van der Waals surface area contributed by atoms with Crippen LogP contribution < -0.4 is 9.47 Å². The van der Waals surface area contributed by atoms with Crippen LogP contribution in [0.15, 0.2) is 12.1 Å². The van der Waals surface area contributed by atoms with E-state index in [-0.39, 0.29) is 11.2 Å². The minimum atomic E-state index is -0.952. The van der Waals surface area contributed by atoms with Crippen molar-refractivity contribution >= 4 is 5.97 Å². The highest BCUT2D eigenvalue weighted by molar-refractivity contribution is 5.89. The van der Waals surface area contributed by atoms with Gasteiger partial charge in [-0.15, -0.1) is 0 Å². The van der Waals surface area contributed by atoms with Gasteiger partial charge in [-0.3, -0.25) is 0 Å².